The summed E-state index contributed by atoms with van der Waals surface area (Å²) in [5, 5.41) is 31.0. The largest absolute Gasteiger partial charge is 0.369 e. The number of rotatable bonds is 11. The number of hydrogen-bond acceptors (Lipinski definition) is 21. The number of guanidine groups is 4. The molecule has 27 heteroatoms. The molecule has 584 valence electrons. The molecule has 17 rings (SSSR count). The molecule has 10 heterocycles. The standard InChI is InChI=1S/C27H33N5O3.2C25H20N4OS2.C11H13N3OS/c1-18(33)31-13-11-19(12-14-31)17-32-25(35)27(2,29-26(32)28)23-10-6-8-21(16-23)20-7-5-9-22(15-20)24(34)30(3)4;2*1-25(21-12-19(14-32-21)16-5-3-4-15(10-16)13-26)22(23(30)29(2)24(27)28-25)18-6-7-20-17(11-18)8-9-31-20;1-14-8(15)6-11(13-10(14)12)4-2-7-3-5-16-9(7)11/h5-10,15-16,19H,11-14,17H2,1-4H3,(H2,28,29);2*3-12,14,22H,1-2H3,(H2,27,28);3,5H,2,4,6H2,1H3,(H2,12,13)/t;22-,25+;22-,25-;11-/m.010/s1. The Balaban J connectivity index is 0.000000130. The quantitative estimate of drug-likeness (QED) is 0.0939. The van der Waals surface area contributed by atoms with Gasteiger partial charge in [0.25, 0.3) is 11.8 Å². The van der Waals surface area contributed by atoms with E-state index < -0.39 is 28.5 Å². The van der Waals surface area contributed by atoms with Gasteiger partial charge in [-0.25, -0.2) is 20.0 Å². The van der Waals surface area contributed by atoms with Crippen LogP contribution in [0.4, 0.5) is 0 Å². The molecule has 11 aromatic rings. The molecule has 0 bridgehead atoms. The van der Waals surface area contributed by atoms with Crippen molar-refractivity contribution in [2.75, 3.05) is 54.9 Å². The third kappa shape index (κ3) is 15.4. The lowest BCUT2D eigenvalue weighted by molar-refractivity contribution is -0.133. The van der Waals surface area contributed by atoms with E-state index in [9.17, 15) is 39.3 Å². The lowest BCUT2D eigenvalue weighted by Crippen LogP contribution is -2.52. The number of aliphatic imine (C=N–C) groups is 4. The van der Waals surface area contributed by atoms with Gasteiger partial charge in [-0.3, -0.25) is 48.4 Å². The zero-order valence-corrected chi connectivity index (χ0v) is 69.1. The summed E-state index contributed by atoms with van der Waals surface area (Å²) in [6, 6.07) is 57.3. The van der Waals surface area contributed by atoms with Crippen LogP contribution in [0.2, 0.25) is 0 Å². The molecule has 115 heavy (non-hydrogen) atoms. The SMILES string of the molecule is CC(=O)N1CCC(CN2C(=O)C(C)(c3cccc(-c4cccc(C(=O)N(C)C)c4)c3)N=C2N)CC1.CN1C(=O)C[C@]2(CCc3ccsc32)N=C1N.CN1C(=O)[C@@H](c2ccc3sccc3c2)[C@@](C)(c2cc(-c3cccc(C#N)c3)cs2)N=C1N.CN1C(=O)[C@H](c2ccc3sccc3c2)[C@@](C)(c2cc(-c3cccc(C#N)c3)cs2)N=C1N. The molecule has 6 aromatic carbocycles. The zero-order valence-electron chi connectivity index (χ0n) is 65.0. The molecule has 6 aliphatic rings. The minimum atomic E-state index is -1.11. The van der Waals surface area contributed by atoms with Crippen LogP contribution >= 0.6 is 56.7 Å². The van der Waals surface area contributed by atoms with Crippen molar-refractivity contribution in [3.63, 3.8) is 0 Å². The lowest BCUT2D eigenvalue weighted by atomic mass is 9.77. The average Bonchev–Trinajstić information content (AvgIpc) is 1.39. The van der Waals surface area contributed by atoms with Gasteiger partial charge in [-0.05, 0) is 243 Å². The minimum Gasteiger partial charge on any atom is -0.369 e. The Hall–Kier alpha value is -12.0. The molecule has 1 unspecified atom stereocenters. The number of thiophene rings is 5. The maximum absolute atomic E-state index is 13.6. The van der Waals surface area contributed by atoms with Crippen molar-refractivity contribution < 1.29 is 28.8 Å². The maximum Gasteiger partial charge on any atom is 0.261 e. The number of aryl methyl sites for hydroxylation is 1. The van der Waals surface area contributed by atoms with Gasteiger partial charge in [0.2, 0.25) is 23.6 Å². The van der Waals surface area contributed by atoms with Crippen LogP contribution in [0.3, 0.4) is 0 Å². The number of nitrogens with two attached hydrogens (primary N) is 4. The Bertz CT molecular complexity index is 5690. The fraction of sp³-hybridized carbons (Fsp3) is 0.273. The molecule has 5 aromatic heterocycles. The van der Waals surface area contributed by atoms with Crippen LogP contribution in [0, 0.1) is 28.6 Å². The first-order valence-electron chi connectivity index (χ1n) is 37.5. The second-order valence-electron chi connectivity index (χ2n) is 30.3. The number of fused-ring (bicyclic) bond motifs is 4. The molecule has 1 spiro atoms. The molecule has 1 aliphatic carbocycles. The second-order valence-corrected chi connectivity index (χ2v) is 34.9. The fourth-order valence-corrected chi connectivity index (χ4v) is 20.7. The number of carbonyl (C=O) groups excluding carboxylic acids is 6. The molecular formula is C88H86N16O6S5. The van der Waals surface area contributed by atoms with Crippen molar-refractivity contribution in [2.45, 2.75) is 93.8 Å². The van der Waals surface area contributed by atoms with Crippen molar-refractivity contribution in [1.29, 1.82) is 10.5 Å². The molecule has 1 saturated heterocycles. The summed E-state index contributed by atoms with van der Waals surface area (Å²) in [5.74, 6) is 0.0787. The minimum absolute atomic E-state index is 0.0637. The van der Waals surface area contributed by atoms with Crippen molar-refractivity contribution in [3.05, 3.63) is 244 Å². The Morgan fingerprint density at radius 2 is 1.04 bits per heavy atom. The summed E-state index contributed by atoms with van der Waals surface area (Å²) in [7, 11) is 8.47. The van der Waals surface area contributed by atoms with E-state index >= 15 is 0 Å². The highest BCUT2D eigenvalue weighted by atomic mass is 32.1. The second kappa shape index (κ2) is 32.1. The summed E-state index contributed by atoms with van der Waals surface area (Å²) >= 11 is 8.17. The Morgan fingerprint density at radius 3 is 1.56 bits per heavy atom. The maximum atomic E-state index is 13.6. The Morgan fingerprint density at radius 1 is 0.548 bits per heavy atom. The molecule has 0 saturated carbocycles. The monoisotopic (exact) mass is 1620 g/mol. The van der Waals surface area contributed by atoms with E-state index in [0.29, 0.717) is 48.7 Å². The summed E-state index contributed by atoms with van der Waals surface area (Å²) in [5.41, 5.74) is 32.7. The highest BCUT2D eigenvalue weighted by Gasteiger charge is 2.51. The van der Waals surface area contributed by atoms with Crippen molar-refractivity contribution in [3.8, 4) is 45.5 Å². The normalized spacial score (nSPS) is 21.9. The Kier molecular flexibility index (Phi) is 22.3. The number of amides is 6. The number of nitrogens with zero attached hydrogens (tertiary/aromatic N) is 12. The Labute approximate surface area is 687 Å². The van der Waals surface area contributed by atoms with Gasteiger partial charge >= 0.3 is 0 Å². The van der Waals surface area contributed by atoms with E-state index in [2.05, 4.69) is 92.9 Å². The lowest BCUT2D eigenvalue weighted by Gasteiger charge is -2.40. The first-order chi connectivity index (χ1) is 55.0. The van der Waals surface area contributed by atoms with Crippen LogP contribution in [0.15, 0.2) is 211 Å². The third-order valence-electron chi connectivity index (χ3n) is 22.6. The van der Waals surface area contributed by atoms with Gasteiger partial charge in [-0.1, -0.05) is 66.7 Å². The van der Waals surface area contributed by atoms with Crippen molar-refractivity contribution >= 4 is 136 Å². The molecule has 1 fully saturated rings. The van der Waals surface area contributed by atoms with E-state index in [4.69, 9.17) is 32.9 Å². The molecule has 0 radical (unpaired) electrons. The number of piperidine rings is 1. The van der Waals surface area contributed by atoms with Crippen LogP contribution in [-0.4, -0.2) is 144 Å². The van der Waals surface area contributed by atoms with E-state index in [1.54, 1.807) is 134 Å². The predicted molar refractivity (Wildman–Crippen MR) is 460 cm³/mol. The number of nitriles is 2. The molecule has 6 amide bonds. The fourth-order valence-electron chi connectivity index (χ4n) is 15.9. The van der Waals surface area contributed by atoms with E-state index in [0.717, 1.165) is 96.3 Å². The van der Waals surface area contributed by atoms with Gasteiger partial charge in [-0.15, -0.1) is 56.7 Å². The van der Waals surface area contributed by atoms with Gasteiger partial charge in [0, 0.05) is 91.4 Å². The topological polar surface area (TPSA) is 323 Å². The smallest absolute Gasteiger partial charge is 0.261 e. The van der Waals surface area contributed by atoms with E-state index in [1.807, 2.05) is 121 Å². The van der Waals surface area contributed by atoms with Crippen molar-refractivity contribution in [2.24, 2.45) is 48.8 Å². The number of hydrogen-bond donors (Lipinski definition) is 4. The highest BCUT2D eigenvalue weighted by Crippen LogP contribution is 2.51. The van der Waals surface area contributed by atoms with E-state index in [-0.39, 0.29) is 64.8 Å². The first-order valence-corrected chi connectivity index (χ1v) is 41.9. The van der Waals surface area contributed by atoms with Crippen LogP contribution in [0.5, 0.6) is 0 Å². The summed E-state index contributed by atoms with van der Waals surface area (Å²) in [6.45, 7) is 9.26. The summed E-state index contributed by atoms with van der Waals surface area (Å²) < 4.78 is 2.37. The van der Waals surface area contributed by atoms with Gasteiger partial charge in [-0.2, -0.15) is 10.5 Å². The van der Waals surface area contributed by atoms with Gasteiger partial charge < -0.3 is 32.7 Å². The molecular weight excluding hydrogens is 1540 g/mol. The number of carbonyl (C=O) groups is 6. The zero-order chi connectivity index (χ0) is 81.6. The van der Waals surface area contributed by atoms with E-state index in [1.165, 1.54) is 34.5 Å². The van der Waals surface area contributed by atoms with Crippen LogP contribution < -0.4 is 22.9 Å². The molecule has 5 aliphatic heterocycles. The molecule has 8 N–H and O–H groups in total. The molecule has 6 atom stereocenters. The summed E-state index contributed by atoms with van der Waals surface area (Å²) in [6.07, 6.45) is 4.05. The van der Waals surface area contributed by atoms with Crippen LogP contribution in [-0.2, 0) is 52.5 Å². The molecule has 22 nitrogen and oxygen atoms in total. The first kappa shape index (κ1) is 79.7. The van der Waals surface area contributed by atoms with Gasteiger partial charge in [0.05, 0.1) is 41.5 Å². The highest BCUT2D eigenvalue weighted by molar-refractivity contribution is 7.17. The third-order valence-corrected chi connectivity index (χ3v) is 27.9. The van der Waals surface area contributed by atoms with Gasteiger partial charge in [0.15, 0.2) is 29.4 Å². The number of likely N-dealkylation sites (N-methyl/N-ethyl adjacent to an activating group) is 2. The van der Waals surface area contributed by atoms with Gasteiger partial charge in [0.1, 0.15) is 16.6 Å². The number of benzene rings is 6. The predicted octanol–water partition coefficient (Wildman–Crippen LogP) is 14.3. The number of likely N-dealkylation sites (tertiary alicyclic amines) is 1. The summed E-state index contributed by atoms with van der Waals surface area (Å²) in [4.78, 5) is 108. The van der Waals surface area contributed by atoms with Crippen molar-refractivity contribution in [1.82, 2.24) is 29.4 Å². The van der Waals surface area contributed by atoms with Crippen LogP contribution in [0.1, 0.15) is 124 Å². The average molecular weight is 1620 g/mol. The van der Waals surface area contributed by atoms with Crippen LogP contribution in [0.25, 0.3) is 53.6 Å².